The van der Waals surface area contributed by atoms with Gasteiger partial charge in [0, 0.05) is 88.3 Å². The maximum absolute atomic E-state index is 10.6. The number of hydrogen-bond donors (Lipinski definition) is 3. The molecule has 12 rings (SSSR count). The van der Waals surface area contributed by atoms with Gasteiger partial charge in [-0.1, -0.05) is 108 Å². The molecule has 5 aromatic carbocycles. The van der Waals surface area contributed by atoms with Crippen LogP contribution in [0.5, 0.6) is 17.2 Å². The Morgan fingerprint density at radius 3 is 1.39 bits per heavy atom. The van der Waals surface area contributed by atoms with Crippen molar-refractivity contribution < 1.29 is 61.7 Å². The highest BCUT2D eigenvalue weighted by Gasteiger charge is 2.19. The minimum Gasteiger partial charge on any atom is -0.493 e. The standard InChI is InChI=1S/2C27H28N2O4.C27H27NO5/c1-20-12-15-24(23-14-13-21(18-28-23)25-10-7-17-33-25)29(20)19-22-8-4-5-9-26(22)32-16-6-2-3-11-27(30)31;1-20-18-29(27(28-20)22-14-12-21(13-15-22)24-10-7-17-33-24)19-23-8-4-5-9-25(23)32-16-6-2-3-11-26(30)31;1-19-23(18-22-8-4-5-9-25(22)31-16-6-2-3-11-26(29)30)27(28-33-19)21-14-12-20(13-15-21)24-10-7-17-32-24/h2*4-5,7-10,12-15,17-18H,2-3,6,11,16,19H2,1H3,(H,30,31);4-5,7-10,12-15,17H,2-3,6,11,16,18H2,1H3,(H,29,30). The van der Waals surface area contributed by atoms with Crippen molar-refractivity contribution in [3.63, 3.8) is 0 Å². The highest BCUT2D eigenvalue weighted by Crippen LogP contribution is 2.34. The lowest BCUT2D eigenvalue weighted by Gasteiger charge is -2.15. The van der Waals surface area contributed by atoms with E-state index in [2.05, 4.69) is 74.9 Å². The first-order chi connectivity index (χ1) is 48.3. The minimum atomic E-state index is -0.753. The molecule has 0 bridgehead atoms. The second kappa shape index (κ2) is 36.1. The van der Waals surface area contributed by atoms with Crippen LogP contribution in [0.3, 0.4) is 0 Å². The molecule has 0 aliphatic carbocycles. The van der Waals surface area contributed by atoms with Crippen LogP contribution in [0.15, 0.2) is 231 Å². The number of carbonyl (C=O) groups is 3. The first-order valence-electron chi connectivity index (χ1n) is 33.5. The number of carboxylic acid groups (broad SMARTS) is 3. The van der Waals surface area contributed by atoms with Crippen molar-refractivity contribution >= 4 is 17.9 Å². The fourth-order valence-electron chi connectivity index (χ4n) is 11.4. The molecule has 0 aliphatic heterocycles. The van der Waals surface area contributed by atoms with Crippen molar-refractivity contribution in [1.29, 1.82) is 0 Å². The molecule has 3 N–H and O–H groups in total. The zero-order chi connectivity index (χ0) is 69.1. The van der Waals surface area contributed by atoms with E-state index in [9.17, 15) is 14.4 Å². The molecule has 0 aliphatic rings. The Labute approximate surface area is 576 Å². The Kier molecular flexibility index (Phi) is 25.7. The van der Waals surface area contributed by atoms with Crippen molar-refractivity contribution in [2.75, 3.05) is 19.8 Å². The van der Waals surface area contributed by atoms with Crippen LogP contribution in [0, 0.1) is 20.8 Å². The van der Waals surface area contributed by atoms with Crippen LogP contribution in [0.1, 0.15) is 116 Å². The predicted molar refractivity (Wildman–Crippen MR) is 380 cm³/mol. The Morgan fingerprint density at radius 1 is 0.455 bits per heavy atom. The van der Waals surface area contributed by atoms with Gasteiger partial charge < -0.3 is 56.4 Å². The molecule has 99 heavy (non-hydrogen) atoms. The lowest BCUT2D eigenvalue weighted by Crippen LogP contribution is -2.07. The average Bonchev–Trinajstić information content (AvgIpc) is 1.72. The topological polar surface area (TPSA) is 241 Å². The number of rotatable bonds is 33. The lowest BCUT2D eigenvalue weighted by atomic mass is 9.98. The van der Waals surface area contributed by atoms with E-state index < -0.39 is 17.9 Å². The van der Waals surface area contributed by atoms with Crippen LogP contribution < -0.4 is 14.2 Å². The molecule has 0 saturated heterocycles. The quantitative estimate of drug-likeness (QED) is 0.0324. The number of para-hydroxylation sites is 3. The number of unbranched alkanes of at least 4 members (excludes halogenated alkanes) is 6. The highest BCUT2D eigenvalue weighted by molar-refractivity contribution is 5.70. The second-order valence-electron chi connectivity index (χ2n) is 24.0. The van der Waals surface area contributed by atoms with Gasteiger partial charge in [-0.2, -0.15) is 0 Å². The van der Waals surface area contributed by atoms with Crippen LogP contribution in [0.2, 0.25) is 0 Å². The van der Waals surface area contributed by atoms with Gasteiger partial charge in [0.05, 0.1) is 68.8 Å². The van der Waals surface area contributed by atoms with Gasteiger partial charge in [-0.15, -0.1) is 0 Å². The summed E-state index contributed by atoms with van der Waals surface area (Å²) in [6.45, 7) is 9.03. The average molecular weight is 1330 g/mol. The maximum atomic E-state index is 10.6. The third-order valence-electron chi connectivity index (χ3n) is 16.7. The van der Waals surface area contributed by atoms with E-state index >= 15 is 0 Å². The Morgan fingerprint density at radius 2 is 0.909 bits per heavy atom. The molecule has 7 aromatic heterocycles. The summed E-state index contributed by atoms with van der Waals surface area (Å²) in [5.41, 5.74) is 14.1. The number of pyridine rings is 1. The predicted octanol–water partition coefficient (Wildman–Crippen LogP) is 18.9. The van der Waals surface area contributed by atoms with E-state index in [1.54, 1.807) is 18.8 Å². The summed E-state index contributed by atoms with van der Waals surface area (Å²) >= 11 is 0. The number of aromatic nitrogens is 5. The fourth-order valence-corrected chi connectivity index (χ4v) is 11.4. The SMILES string of the molecule is Cc1ccc(-c2ccc(-c3ccco3)cn2)n1Cc1ccccc1OCCCCCC(=O)O.Cc1cn(Cc2ccccc2OCCCCCC(=O)O)c(-c2ccc(-c3ccco3)cc2)n1.Cc1onc(-c2ccc(-c3ccco3)cc2)c1Cc1ccccc1OCCCCCC(=O)O. The van der Waals surface area contributed by atoms with Crippen LogP contribution >= 0.6 is 0 Å². The summed E-state index contributed by atoms with van der Waals surface area (Å²) in [7, 11) is 0. The molecule has 0 unspecified atom stereocenters. The number of benzene rings is 5. The van der Waals surface area contributed by atoms with Crippen LogP contribution in [-0.4, -0.2) is 77.3 Å². The summed E-state index contributed by atoms with van der Waals surface area (Å²) in [5, 5.41) is 30.6. The zero-order valence-electron chi connectivity index (χ0n) is 56.1. The molecule has 0 radical (unpaired) electrons. The number of nitrogens with zero attached hydrogens (tertiary/aromatic N) is 5. The number of hydrogen-bond acceptors (Lipinski definition) is 13. The summed E-state index contributed by atoms with van der Waals surface area (Å²) in [4.78, 5) is 41.3. The largest absolute Gasteiger partial charge is 0.493 e. The van der Waals surface area contributed by atoms with Crippen LogP contribution in [-0.2, 0) is 33.9 Å². The number of imidazole rings is 1. The molecule has 12 aromatic rings. The molecular weight excluding hydrogens is 1250 g/mol. The van der Waals surface area contributed by atoms with Gasteiger partial charge in [-0.25, -0.2) is 4.98 Å². The Balaban J connectivity index is 0.000000161. The maximum Gasteiger partial charge on any atom is 0.303 e. The van der Waals surface area contributed by atoms with Gasteiger partial charge in [0.2, 0.25) is 0 Å². The summed E-state index contributed by atoms with van der Waals surface area (Å²) in [5.74, 6) is 4.44. The molecule has 510 valence electrons. The van der Waals surface area contributed by atoms with Gasteiger partial charge in [-0.3, -0.25) is 19.4 Å². The second-order valence-corrected chi connectivity index (χ2v) is 24.0. The summed E-state index contributed by atoms with van der Waals surface area (Å²) in [6.07, 6.45) is 17.2. The van der Waals surface area contributed by atoms with Crippen molar-refractivity contribution in [2.45, 2.75) is 117 Å². The summed E-state index contributed by atoms with van der Waals surface area (Å²) in [6, 6.07) is 60.0. The van der Waals surface area contributed by atoms with E-state index in [0.717, 1.165) is 163 Å². The van der Waals surface area contributed by atoms with Crippen LogP contribution in [0.25, 0.3) is 68.0 Å². The zero-order valence-corrected chi connectivity index (χ0v) is 56.1. The molecule has 0 amide bonds. The molecule has 7 heterocycles. The third-order valence-corrected chi connectivity index (χ3v) is 16.7. The van der Waals surface area contributed by atoms with E-state index in [0.29, 0.717) is 58.6 Å². The fraction of sp³-hybridized carbons (Fsp3) is 0.259. The first-order valence-corrected chi connectivity index (χ1v) is 33.5. The van der Waals surface area contributed by atoms with Gasteiger partial charge in [-0.05, 0) is 163 Å². The Bertz CT molecular complexity index is 4140. The number of aryl methyl sites for hydroxylation is 3. The van der Waals surface area contributed by atoms with Crippen molar-refractivity contribution in [3.05, 3.63) is 253 Å². The lowest BCUT2D eigenvalue weighted by molar-refractivity contribution is -0.138. The third kappa shape index (κ3) is 20.6. The number of ether oxygens (including phenoxy) is 3. The number of aliphatic carboxylic acids is 3. The molecule has 0 atom stereocenters. The summed E-state index contributed by atoms with van der Waals surface area (Å²) < 4.78 is 44.5. The van der Waals surface area contributed by atoms with Crippen LogP contribution in [0.4, 0.5) is 0 Å². The molecule has 0 saturated carbocycles. The number of furan rings is 3. The minimum absolute atomic E-state index is 0.203. The van der Waals surface area contributed by atoms with E-state index in [1.807, 2.05) is 160 Å². The van der Waals surface area contributed by atoms with Gasteiger partial charge in [0.1, 0.15) is 51.8 Å². The molecular formula is C81H83N5O13. The van der Waals surface area contributed by atoms with Crippen molar-refractivity contribution in [1.82, 2.24) is 24.3 Å². The Hall–Kier alpha value is -11.4. The van der Waals surface area contributed by atoms with Gasteiger partial charge >= 0.3 is 17.9 Å². The molecule has 0 spiro atoms. The number of carboxylic acids is 3. The van der Waals surface area contributed by atoms with E-state index in [4.69, 9.17) is 52.3 Å². The molecule has 18 heteroatoms. The van der Waals surface area contributed by atoms with E-state index in [1.165, 1.54) is 0 Å². The smallest absolute Gasteiger partial charge is 0.303 e. The van der Waals surface area contributed by atoms with Crippen molar-refractivity contribution in [3.8, 4) is 85.3 Å². The molecule has 0 fully saturated rings. The van der Waals surface area contributed by atoms with E-state index in [-0.39, 0.29) is 19.3 Å². The monoisotopic (exact) mass is 1330 g/mol. The van der Waals surface area contributed by atoms with Gasteiger partial charge in [0.25, 0.3) is 0 Å². The highest BCUT2D eigenvalue weighted by atomic mass is 16.5. The van der Waals surface area contributed by atoms with Crippen molar-refractivity contribution in [2.24, 2.45) is 0 Å². The molecule has 18 nitrogen and oxygen atoms in total. The van der Waals surface area contributed by atoms with Gasteiger partial charge in [0.15, 0.2) is 0 Å². The normalized spacial score (nSPS) is 10.9. The first kappa shape index (κ1) is 70.4.